The Morgan fingerprint density at radius 2 is 1.88 bits per heavy atom. The Hall–Kier alpha value is -3.71. The fourth-order valence-corrected chi connectivity index (χ4v) is 3.87. The first-order valence-corrected chi connectivity index (χ1v) is 11.1. The van der Waals surface area contributed by atoms with Gasteiger partial charge in [-0.1, -0.05) is 24.8 Å². The largest absolute Gasteiger partial charge is 0.444 e. The van der Waals surface area contributed by atoms with Crippen molar-refractivity contribution in [2.75, 3.05) is 43.4 Å². The lowest BCUT2D eigenvalue weighted by Gasteiger charge is -2.33. The van der Waals surface area contributed by atoms with Crippen LogP contribution in [-0.2, 0) is 4.74 Å². The van der Waals surface area contributed by atoms with E-state index in [4.69, 9.17) is 10.1 Å². The van der Waals surface area contributed by atoms with Crippen molar-refractivity contribution < 1.29 is 6.16 Å². The molecule has 0 bridgehead atoms. The fourth-order valence-electron chi connectivity index (χ4n) is 3.87. The van der Waals surface area contributed by atoms with Crippen molar-refractivity contribution in [3.63, 3.8) is 0 Å². The zero-order valence-electron chi connectivity index (χ0n) is 19.4. The normalized spacial score (nSPS) is 14.9. The van der Waals surface area contributed by atoms with E-state index in [1.165, 1.54) is 0 Å². The minimum absolute atomic E-state index is 0. The predicted molar refractivity (Wildman–Crippen MR) is 139 cm³/mol. The van der Waals surface area contributed by atoms with E-state index < -0.39 is 0 Å². The molecule has 0 radical (unpaired) electrons. The molecule has 7 heteroatoms. The number of pyridine rings is 2. The summed E-state index contributed by atoms with van der Waals surface area (Å²) in [6.07, 6.45) is 5.77. The Bertz CT molecular complexity index is 1220. The van der Waals surface area contributed by atoms with Crippen molar-refractivity contribution in [1.29, 1.82) is 5.41 Å². The minimum atomic E-state index is 0. The second kappa shape index (κ2) is 9.83. The smallest absolute Gasteiger partial charge is 0.184 e. The van der Waals surface area contributed by atoms with Crippen LogP contribution in [0.1, 0.15) is 26.4 Å². The van der Waals surface area contributed by atoms with E-state index in [1.54, 1.807) is 6.92 Å². The molecule has 3 heterocycles. The number of nitrogens with one attached hydrogen (secondary N) is 2. The average Bonchev–Trinajstić information content (AvgIpc) is 2.82. The molecule has 3 aromatic rings. The summed E-state index contributed by atoms with van der Waals surface area (Å²) in [7, 11) is 2.15. The Kier molecular flexibility index (Phi) is 6.70. The molecule has 1 fully saturated rings. The fraction of sp³-hybridized carbons (Fsp3) is 0.269. The first kappa shape index (κ1) is 22.5. The summed E-state index contributed by atoms with van der Waals surface area (Å²) in [5.41, 5.74) is 2.88. The molecule has 0 saturated carbocycles. The summed E-state index contributed by atoms with van der Waals surface area (Å²) in [5.74, 6) is 2.32. The van der Waals surface area contributed by atoms with Crippen LogP contribution in [-0.4, -0.2) is 54.0 Å². The van der Waals surface area contributed by atoms with E-state index in [2.05, 4.69) is 44.8 Å². The number of aromatic nitrogens is 2. The number of benzene rings is 1. The number of anilines is 2. The number of ether oxygens (including phenoxy) is 1. The average molecular weight is 445 g/mol. The van der Waals surface area contributed by atoms with Crippen LogP contribution in [0.25, 0.3) is 22.2 Å². The van der Waals surface area contributed by atoms with Crippen LogP contribution >= 0.6 is 0 Å². The number of allylic oxidation sites excluding steroid dienone is 1. The van der Waals surface area contributed by atoms with Crippen molar-refractivity contribution in [3.05, 3.63) is 72.6 Å². The lowest BCUT2D eigenvalue weighted by Crippen LogP contribution is -2.44. The highest BCUT2D eigenvalue weighted by Gasteiger charge is 2.16. The van der Waals surface area contributed by atoms with Gasteiger partial charge in [-0.05, 0) is 43.6 Å². The molecule has 4 rings (SSSR count). The zero-order valence-corrected chi connectivity index (χ0v) is 19.4. The number of likely N-dealkylation sites (N-methyl/N-ethyl adjacent to an activating group) is 1. The van der Waals surface area contributed by atoms with Crippen molar-refractivity contribution in [3.8, 4) is 0 Å². The molecule has 172 valence electrons. The van der Waals surface area contributed by atoms with Crippen LogP contribution in [0.3, 0.4) is 0 Å². The first-order valence-electron chi connectivity index (χ1n) is 11.1. The summed E-state index contributed by atoms with van der Waals surface area (Å²) in [6, 6.07) is 12.1. The highest BCUT2D eigenvalue weighted by atomic mass is 16.5. The van der Waals surface area contributed by atoms with Gasteiger partial charge in [0.25, 0.3) is 0 Å². The third-order valence-electron chi connectivity index (χ3n) is 5.76. The molecule has 2 aromatic heterocycles. The van der Waals surface area contributed by atoms with Gasteiger partial charge in [-0.15, -0.1) is 0 Å². The van der Waals surface area contributed by atoms with Crippen LogP contribution in [0.4, 0.5) is 11.6 Å². The molecule has 1 aromatic carbocycles. The minimum Gasteiger partial charge on any atom is -0.444 e. The summed E-state index contributed by atoms with van der Waals surface area (Å²) in [4.78, 5) is 13.9. The molecular formula is C26H32N6O. The molecule has 0 spiro atoms. The number of hydrogen-bond acceptors (Lipinski definition) is 7. The Balaban J connectivity index is 0.00000324. The SMILES string of the molecule is C=C(OC(C)=N)c1ccc2cnc(N/C(=C\C)c3ccnc(N4CCN(C)CC4)c3)cc2c1.[HH]. The van der Waals surface area contributed by atoms with Crippen LogP contribution in [0.5, 0.6) is 0 Å². The molecule has 1 aliphatic rings. The van der Waals surface area contributed by atoms with Gasteiger partial charge in [0.2, 0.25) is 0 Å². The summed E-state index contributed by atoms with van der Waals surface area (Å²) >= 11 is 0. The molecule has 1 aliphatic heterocycles. The van der Waals surface area contributed by atoms with E-state index in [0.29, 0.717) is 5.76 Å². The van der Waals surface area contributed by atoms with E-state index in [-0.39, 0.29) is 7.32 Å². The van der Waals surface area contributed by atoms with Gasteiger partial charge < -0.3 is 19.9 Å². The van der Waals surface area contributed by atoms with Crippen molar-refractivity contribution in [1.82, 2.24) is 14.9 Å². The molecule has 0 unspecified atom stereocenters. The maximum atomic E-state index is 7.52. The maximum absolute atomic E-state index is 7.52. The molecule has 33 heavy (non-hydrogen) atoms. The number of rotatable bonds is 6. The highest BCUT2D eigenvalue weighted by Crippen LogP contribution is 2.26. The number of fused-ring (bicyclic) bond motifs is 1. The van der Waals surface area contributed by atoms with Gasteiger partial charge in [-0.2, -0.15) is 0 Å². The van der Waals surface area contributed by atoms with Crippen molar-refractivity contribution in [2.45, 2.75) is 13.8 Å². The van der Waals surface area contributed by atoms with Crippen LogP contribution in [0.2, 0.25) is 0 Å². The third-order valence-corrected chi connectivity index (χ3v) is 5.76. The highest BCUT2D eigenvalue weighted by molar-refractivity contribution is 5.89. The van der Waals surface area contributed by atoms with Gasteiger partial charge in [-0.3, -0.25) is 5.41 Å². The van der Waals surface area contributed by atoms with Gasteiger partial charge in [0.05, 0.1) is 0 Å². The molecule has 0 aliphatic carbocycles. The summed E-state index contributed by atoms with van der Waals surface area (Å²) in [5, 5.41) is 13.0. The number of hydrogen-bond donors (Lipinski definition) is 2. The Labute approximate surface area is 196 Å². The molecule has 0 atom stereocenters. The lowest BCUT2D eigenvalue weighted by atomic mass is 10.1. The molecule has 0 amide bonds. The predicted octanol–water partition coefficient (Wildman–Crippen LogP) is 5.08. The summed E-state index contributed by atoms with van der Waals surface area (Å²) < 4.78 is 5.36. The van der Waals surface area contributed by atoms with E-state index in [0.717, 1.165) is 65.4 Å². The maximum Gasteiger partial charge on any atom is 0.184 e. The van der Waals surface area contributed by atoms with Gasteiger partial charge in [-0.25, -0.2) is 9.97 Å². The standard InChI is InChI=1S/C26H30N6O.H2/c1-5-24(21-8-9-28-26(16-21)32-12-10-31(4)11-13-32)30-25-15-23-14-20(18(2)33-19(3)27)6-7-22(23)17-29-25;/h5-9,14-17,27H,2,10-13H2,1,3-4H3,(H,29,30);1H/b24-5-,27-19?;. The van der Waals surface area contributed by atoms with E-state index in [1.807, 2.05) is 55.7 Å². The number of piperazine rings is 1. The molecule has 1 saturated heterocycles. The van der Waals surface area contributed by atoms with Gasteiger partial charge in [0.15, 0.2) is 5.90 Å². The van der Waals surface area contributed by atoms with Gasteiger partial charge >= 0.3 is 0 Å². The van der Waals surface area contributed by atoms with Crippen molar-refractivity contribution >= 4 is 39.8 Å². The Morgan fingerprint density at radius 1 is 1.09 bits per heavy atom. The second-order valence-corrected chi connectivity index (χ2v) is 8.23. The lowest BCUT2D eigenvalue weighted by molar-refractivity contribution is 0.312. The van der Waals surface area contributed by atoms with Crippen LogP contribution in [0, 0.1) is 5.41 Å². The monoisotopic (exact) mass is 444 g/mol. The van der Waals surface area contributed by atoms with Gasteiger partial charge in [0, 0.05) is 69.1 Å². The molecule has 7 nitrogen and oxygen atoms in total. The molecule has 2 N–H and O–H groups in total. The van der Waals surface area contributed by atoms with E-state index >= 15 is 0 Å². The quantitative estimate of drug-likeness (QED) is 0.313. The van der Waals surface area contributed by atoms with Crippen LogP contribution in [0.15, 0.2) is 61.4 Å². The topological polar surface area (TPSA) is 77.4 Å². The van der Waals surface area contributed by atoms with Gasteiger partial charge in [0.1, 0.15) is 17.4 Å². The molecular weight excluding hydrogens is 412 g/mol. The van der Waals surface area contributed by atoms with Crippen LogP contribution < -0.4 is 10.2 Å². The Morgan fingerprint density at radius 3 is 2.61 bits per heavy atom. The van der Waals surface area contributed by atoms with E-state index in [9.17, 15) is 0 Å². The summed E-state index contributed by atoms with van der Waals surface area (Å²) in [6.45, 7) is 11.6. The second-order valence-electron chi connectivity index (χ2n) is 8.23. The number of nitrogens with zero attached hydrogens (tertiary/aromatic N) is 4. The first-order chi connectivity index (χ1) is 15.9. The zero-order chi connectivity index (χ0) is 23.4. The third kappa shape index (κ3) is 5.38. The van der Waals surface area contributed by atoms with Crippen molar-refractivity contribution in [2.24, 2.45) is 0 Å².